The largest absolute Gasteiger partial charge is 0.390 e. The summed E-state index contributed by atoms with van der Waals surface area (Å²) in [5.74, 6) is -0.154. The second-order valence-corrected chi connectivity index (χ2v) is 8.72. The maximum absolute atomic E-state index is 12.1. The molecule has 2 aromatic rings. The van der Waals surface area contributed by atoms with Crippen LogP contribution in [-0.2, 0) is 4.84 Å². The van der Waals surface area contributed by atoms with E-state index in [1.807, 2.05) is 29.2 Å². The summed E-state index contributed by atoms with van der Waals surface area (Å²) in [5, 5.41) is 17.2. The standard InChI is InChI=1S/C20H22ClN3O3S/c21-18-9-8-17(28-18)20(26)22-12-15-11-16(23-27-15)13-4-6-14(7-5-13)24-10-2-1-3-19(24)25/h4-9,15,19,25H,1-3,10-12H2,(H,22,26). The zero-order valence-electron chi connectivity index (χ0n) is 15.3. The number of anilines is 1. The van der Waals surface area contributed by atoms with Crippen LogP contribution in [0.4, 0.5) is 5.69 Å². The molecular weight excluding hydrogens is 398 g/mol. The van der Waals surface area contributed by atoms with Crippen molar-refractivity contribution in [3.8, 4) is 0 Å². The Balaban J connectivity index is 1.30. The van der Waals surface area contributed by atoms with Gasteiger partial charge < -0.3 is 20.2 Å². The van der Waals surface area contributed by atoms with Gasteiger partial charge in [0.2, 0.25) is 0 Å². The lowest BCUT2D eigenvalue weighted by atomic mass is 10.0. The Kier molecular flexibility index (Phi) is 5.85. The van der Waals surface area contributed by atoms with Crippen molar-refractivity contribution in [3.05, 3.63) is 51.2 Å². The smallest absolute Gasteiger partial charge is 0.261 e. The van der Waals surface area contributed by atoms with Crippen LogP contribution in [0.5, 0.6) is 0 Å². The Hall–Kier alpha value is -2.09. The molecule has 28 heavy (non-hydrogen) atoms. The van der Waals surface area contributed by atoms with E-state index in [4.69, 9.17) is 16.4 Å². The topological polar surface area (TPSA) is 74.2 Å². The van der Waals surface area contributed by atoms with Crippen LogP contribution >= 0.6 is 22.9 Å². The molecule has 4 rings (SSSR count). The highest BCUT2D eigenvalue weighted by molar-refractivity contribution is 7.17. The van der Waals surface area contributed by atoms with Gasteiger partial charge in [0, 0.05) is 18.7 Å². The summed E-state index contributed by atoms with van der Waals surface area (Å²) in [5.41, 5.74) is 2.88. The zero-order chi connectivity index (χ0) is 19.5. The molecule has 0 spiro atoms. The predicted molar refractivity (Wildman–Crippen MR) is 111 cm³/mol. The van der Waals surface area contributed by atoms with E-state index in [1.165, 1.54) is 11.3 Å². The van der Waals surface area contributed by atoms with Crippen molar-refractivity contribution in [2.45, 2.75) is 38.0 Å². The fraction of sp³-hybridized carbons (Fsp3) is 0.400. The summed E-state index contributed by atoms with van der Waals surface area (Å²) >= 11 is 7.12. The van der Waals surface area contributed by atoms with Crippen LogP contribution in [0.15, 0.2) is 41.6 Å². The lowest BCUT2D eigenvalue weighted by molar-refractivity contribution is 0.0755. The molecule has 8 heteroatoms. The number of oxime groups is 1. The van der Waals surface area contributed by atoms with Crippen LogP contribution in [0.25, 0.3) is 0 Å². The van der Waals surface area contributed by atoms with Gasteiger partial charge in [-0.2, -0.15) is 0 Å². The number of nitrogens with zero attached hydrogens (tertiary/aromatic N) is 2. The highest BCUT2D eigenvalue weighted by atomic mass is 35.5. The average molecular weight is 420 g/mol. The molecule has 2 N–H and O–H groups in total. The van der Waals surface area contributed by atoms with Gasteiger partial charge in [0.15, 0.2) is 0 Å². The number of hydrogen-bond acceptors (Lipinski definition) is 6. The average Bonchev–Trinajstić information content (AvgIpc) is 3.36. The minimum Gasteiger partial charge on any atom is -0.390 e. The van der Waals surface area contributed by atoms with Crippen molar-refractivity contribution in [1.29, 1.82) is 0 Å². The molecule has 1 saturated heterocycles. The minimum atomic E-state index is -0.405. The number of thiophene rings is 1. The molecule has 1 amide bonds. The highest BCUT2D eigenvalue weighted by Crippen LogP contribution is 2.25. The second kappa shape index (κ2) is 8.51. The van der Waals surface area contributed by atoms with Crippen LogP contribution in [0.2, 0.25) is 4.34 Å². The van der Waals surface area contributed by atoms with E-state index >= 15 is 0 Å². The molecular formula is C20H22ClN3O3S. The Labute approximate surface area is 172 Å². The third kappa shape index (κ3) is 4.32. The van der Waals surface area contributed by atoms with Gasteiger partial charge in [-0.25, -0.2) is 0 Å². The predicted octanol–water partition coefficient (Wildman–Crippen LogP) is 3.63. The number of carbonyl (C=O) groups excluding carboxylic acids is 1. The molecule has 2 aliphatic rings. The van der Waals surface area contributed by atoms with Crippen molar-refractivity contribution in [2.24, 2.45) is 5.16 Å². The van der Waals surface area contributed by atoms with E-state index in [0.29, 0.717) is 22.2 Å². The van der Waals surface area contributed by atoms with E-state index < -0.39 is 6.23 Å². The maximum atomic E-state index is 12.1. The minimum absolute atomic E-state index is 0.154. The first-order valence-electron chi connectivity index (χ1n) is 9.41. The first kappa shape index (κ1) is 19.2. The van der Waals surface area contributed by atoms with Gasteiger partial charge in [0.1, 0.15) is 12.3 Å². The number of hydrogen-bond donors (Lipinski definition) is 2. The molecule has 0 saturated carbocycles. The van der Waals surface area contributed by atoms with Gasteiger partial charge in [-0.15, -0.1) is 11.3 Å². The van der Waals surface area contributed by atoms with Gasteiger partial charge in [-0.05, 0) is 49.1 Å². The van der Waals surface area contributed by atoms with Crippen LogP contribution < -0.4 is 10.2 Å². The molecule has 148 valence electrons. The van der Waals surface area contributed by atoms with Crippen molar-refractivity contribution in [2.75, 3.05) is 18.0 Å². The number of aliphatic hydroxyl groups excluding tert-OH is 1. The molecule has 3 heterocycles. The van der Waals surface area contributed by atoms with Crippen molar-refractivity contribution in [3.63, 3.8) is 0 Å². The maximum Gasteiger partial charge on any atom is 0.261 e. The summed E-state index contributed by atoms with van der Waals surface area (Å²) in [7, 11) is 0. The lowest BCUT2D eigenvalue weighted by Crippen LogP contribution is -2.39. The first-order valence-corrected chi connectivity index (χ1v) is 10.6. The second-order valence-electron chi connectivity index (χ2n) is 7.00. The number of piperidine rings is 1. The Morgan fingerprint density at radius 3 is 2.82 bits per heavy atom. The molecule has 2 aliphatic heterocycles. The Morgan fingerprint density at radius 1 is 1.29 bits per heavy atom. The van der Waals surface area contributed by atoms with Crippen LogP contribution in [0.3, 0.4) is 0 Å². The normalized spacial score (nSPS) is 21.9. The van der Waals surface area contributed by atoms with E-state index in [9.17, 15) is 9.90 Å². The monoisotopic (exact) mass is 419 g/mol. The van der Waals surface area contributed by atoms with Gasteiger partial charge in [-0.3, -0.25) is 4.79 Å². The van der Waals surface area contributed by atoms with E-state index in [-0.39, 0.29) is 12.0 Å². The molecule has 1 aromatic carbocycles. The van der Waals surface area contributed by atoms with Gasteiger partial charge in [0.05, 0.1) is 21.5 Å². The fourth-order valence-electron chi connectivity index (χ4n) is 3.50. The zero-order valence-corrected chi connectivity index (χ0v) is 16.9. The number of rotatable bonds is 5. The molecule has 1 fully saturated rings. The van der Waals surface area contributed by atoms with Crippen LogP contribution in [0.1, 0.15) is 40.9 Å². The van der Waals surface area contributed by atoms with Gasteiger partial charge in [0.25, 0.3) is 5.91 Å². The van der Waals surface area contributed by atoms with Crippen molar-refractivity contribution >= 4 is 40.2 Å². The van der Waals surface area contributed by atoms with Crippen molar-refractivity contribution in [1.82, 2.24) is 5.32 Å². The van der Waals surface area contributed by atoms with Crippen LogP contribution in [0, 0.1) is 0 Å². The third-order valence-corrected chi connectivity index (χ3v) is 6.25. The van der Waals surface area contributed by atoms with E-state index in [2.05, 4.69) is 10.5 Å². The van der Waals surface area contributed by atoms with Crippen LogP contribution in [-0.4, -0.2) is 42.1 Å². The number of carbonyl (C=O) groups is 1. The fourth-order valence-corrected chi connectivity index (χ4v) is 4.46. The molecule has 2 unspecified atom stereocenters. The first-order chi connectivity index (χ1) is 13.6. The quantitative estimate of drug-likeness (QED) is 0.776. The number of benzene rings is 1. The van der Waals surface area contributed by atoms with Gasteiger partial charge >= 0.3 is 0 Å². The Bertz CT molecular complexity index is 868. The molecule has 1 aromatic heterocycles. The number of amides is 1. The SMILES string of the molecule is O=C(NCC1CC(c2ccc(N3CCCCC3O)cc2)=NO1)c1ccc(Cl)s1. The summed E-state index contributed by atoms with van der Waals surface area (Å²) in [6.07, 6.45) is 3.03. The van der Waals surface area contributed by atoms with E-state index in [0.717, 1.165) is 42.8 Å². The molecule has 6 nitrogen and oxygen atoms in total. The molecule has 2 atom stereocenters. The van der Waals surface area contributed by atoms with Crippen molar-refractivity contribution < 1.29 is 14.7 Å². The summed E-state index contributed by atoms with van der Waals surface area (Å²) in [6.45, 7) is 1.27. The highest BCUT2D eigenvalue weighted by Gasteiger charge is 2.24. The summed E-state index contributed by atoms with van der Waals surface area (Å²) < 4.78 is 0.591. The molecule has 0 aliphatic carbocycles. The molecule has 0 radical (unpaired) electrons. The third-order valence-electron chi connectivity index (χ3n) is 5.02. The Morgan fingerprint density at radius 2 is 2.11 bits per heavy atom. The summed E-state index contributed by atoms with van der Waals surface area (Å²) in [4.78, 5) is 20.2. The number of halogens is 1. The number of nitrogens with one attached hydrogen (secondary N) is 1. The molecule has 0 bridgehead atoms. The lowest BCUT2D eigenvalue weighted by Gasteiger charge is -2.34. The van der Waals surface area contributed by atoms with Gasteiger partial charge in [-0.1, -0.05) is 28.9 Å². The summed E-state index contributed by atoms with van der Waals surface area (Å²) in [6, 6.07) is 11.5. The van der Waals surface area contributed by atoms with E-state index in [1.54, 1.807) is 12.1 Å². The number of aliphatic hydroxyl groups is 1.